The van der Waals surface area contributed by atoms with Crippen molar-refractivity contribution in [1.82, 2.24) is 19.8 Å². The second-order valence-electron chi connectivity index (χ2n) is 6.86. The van der Waals surface area contributed by atoms with E-state index in [1.165, 1.54) is 25.7 Å². The second kappa shape index (κ2) is 6.83. The number of nitrogens with two attached hydrogens (primary N) is 1. The molecule has 0 spiro atoms. The number of anilines is 1. The summed E-state index contributed by atoms with van der Waals surface area (Å²) in [6, 6.07) is 2.42. The highest BCUT2D eigenvalue weighted by molar-refractivity contribution is 5.79. The van der Waals surface area contributed by atoms with Crippen LogP contribution < -0.4 is 5.73 Å². The monoisotopic (exact) mass is 317 g/mol. The van der Waals surface area contributed by atoms with E-state index in [1.54, 1.807) is 0 Å². The minimum atomic E-state index is 0.0449. The van der Waals surface area contributed by atoms with Gasteiger partial charge in [-0.05, 0) is 39.7 Å². The van der Waals surface area contributed by atoms with Crippen molar-refractivity contribution in [1.29, 1.82) is 0 Å². The van der Waals surface area contributed by atoms with Gasteiger partial charge in [-0.2, -0.15) is 0 Å². The average Bonchev–Trinajstić information content (AvgIpc) is 3.18. The number of likely N-dealkylation sites (N-methyl/N-ethyl adjacent to an activating group) is 1. The molecule has 126 valence electrons. The second-order valence-corrected chi connectivity index (χ2v) is 6.86. The van der Waals surface area contributed by atoms with Gasteiger partial charge in [0.25, 0.3) is 0 Å². The minimum Gasteiger partial charge on any atom is -0.384 e. The SMILES string of the molecule is Cc1nc(N)cc([C@@H]2CCCN2C(=O)CN(C)C2CCCC2)n1. The van der Waals surface area contributed by atoms with Crippen molar-refractivity contribution < 1.29 is 4.79 Å². The van der Waals surface area contributed by atoms with E-state index >= 15 is 0 Å². The highest BCUT2D eigenvalue weighted by Crippen LogP contribution is 2.32. The lowest BCUT2D eigenvalue weighted by Gasteiger charge is -2.29. The summed E-state index contributed by atoms with van der Waals surface area (Å²) >= 11 is 0. The predicted molar refractivity (Wildman–Crippen MR) is 89.8 cm³/mol. The summed E-state index contributed by atoms with van der Waals surface area (Å²) in [4.78, 5) is 25.6. The van der Waals surface area contributed by atoms with Gasteiger partial charge in [0.1, 0.15) is 11.6 Å². The first-order valence-corrected chi connectivity index (χ1v) is 8.65. The highest BCUT2D eigenvalue weighted by Gasteiger charge is 2.32. The fourth-order valence-corrected chi connectivity index (χ4v) is 3.94. The molecule has 1 aromatic rings. The lowest BCUT2D eigenvalue weighted by Crippen LogP contribution is -2.42. The topological polar surface area (TPSA) is 75.3 Å². The molecule has 1 amide bonds. The van der Waals surface area contributed by atoms with Gasteiger partial charge in [0.15, 0.2) is 0 Å². The van der Waals surface area contributed by atoms with Crippen LogP contribution in [0.2, 0.25) is 0 Å². The molecule has 2 heterocycles. The van der Waals surface area contributed by atoms with Gasteiger partial charge in [-0.3, -0.25) is 9.69 Å². The molecule has 1 aromatic heterocycles. The van der Waals surface area contributed by atoms with Gasteiger partial charge in [0.2, 0.25) is 5.91 Å². The van der Waals surface area contributed by atoms with Crippen molar-refractivity contribution >= 4 is 11.7 Å². The van der Waals surface area contributed by atoms with E-state index < -0.39 is 0 Å². The Morgan fingerprint density at radius 2 is 2.04 bits per heavy atom. The molecule has 6 nitrogen and oxygen atoms in total. The van der Waals surface area contributed by atoms with Gasteiger partial charge in [-0.1, -0.05) is 12.8 Å². The molecule has 2 N–H and O–H groups in total. The maximum Gasteiger partial charge on any atom is 0.237 e. The Balaban J connectivity index is 1.69. The molecule has 0 aromatic carbocycles. The molecule has 1 aliphatic carbocycles. The van der Waals surface area contributed by atoms with Crippen LogP contribution in [-0.4, -0.2) is 51.9 Å². The maximum absolute atomic E-state index is 12.8. The molecule has 3 rings (SSSR count). The quantitative estimate of drug-likeness (QED) is 0.918. The zero-order valence-electron chi connectivity index (χ0n) is 14.2. The molecule has 6 heteroatoms. The molecule has 0 unspecified atom stereocenters. The molecule has 1 aliphatic heterocycles. The molecule has 2 aliphatic rings. The van der Waals surface area contributed by atoms with E-state index in [0.29, 0.717) is 24.2 Å². The number of carbonyl (C=O) groups is 1. The number of nitrogen functional groups attached to an aromatic ring is 1. The third kappa shape index (κ3) is 3.63. The molecule has 0 radical (unpaired) electrons. The van der Waals surface area contributed by atoms with Gasteiger partial charge in [0.05, 0.1) is 18.3 Å². The lowest BCUT2D eigenvalue weighted by molar-refractivity contribution is -0.133. The van der Waals surface area contributed by atoms with Gasteiger partial charge < -0.3 is 10.6 Å². The van der Waals surface area contributed by atoms with Gasteiger partial charge >= 0.3 is 0 Å². The number of carbonyl (C=O) groups excluding carboxylic acids is 1. The van der Waals surface area contributed by atoms with Crippen molar-refractivity contribution in [3.05, 3.63) is 17.6 Å². The number of aryl methyl sites for hydroxylation is 1. The predicted octanol–water partition coefficient (Wildman–Crippen LogP) is 1.91. The number of aromatic nitrogens is 2. The minimum absolute atomic E-state index is 0.0449. The summed E-state index contributed by atoms with van der Waals surface area (Å²) in [5, 5.41) is 0. The fourth-order valence-electron chi connectivity index (χ4n) is 3.94. The van der Waals surface area contributed by atoms with Crippen LogP contribution in [0.3, 0.4) is 0 Å². The van der Waals surface area contributed by atoms with Crippen LogP contribution in [0.1, 0.15) is 56.1 Å². The molecule has 2 fully saturated rings. The van der Waals surface area contributed by atoms with Crippen LogP contribution in [-0.2, 0) is 4.79 Å². The third-order valence-corrected chi connectivity index (χ3v) is 5.12. The van der Waals surface area contributed by atoms with E-state index in [1.807, 2.05) is 17.9 Å². The third-order valence-electron chi connectivity index (χ3n) is 5.12. The van der Waals surface area contributed by atoms with Crippen molar-refractivity contribution in [2.24, 2.45) is 0 Å². The molecular formula is C17H27N5O. The summed E-state index contributed by atoms with van der Waals surface area (Å²) in [6.07, 6.45) is 6.98. The highest BCUT2D eigenvalue weighted by atomic mass is 16.2. The first kappa shape index (κ1) is 16.2. The molecule has 0 bridgehead atoms. The molecule has 23 heavy (non-hydrogen) atoms. The smallest absolute Gasteiger partial charge is 0.237 e. The van der Waals surface area contributed by atoms with Crippen LogP contribution >= 0.6 is 0 Å². The van der Waals surface area contributed by atoms with E-state index in [9.17, 15) is 4.79 Å². The number of nitrogens with zero attached hydrogens (tertiary/aromatic N) is 4. The van der Waals surface area contributed by atoms with Crippen LogP contribution in [0.25, 0.3) is 0 Å². The van der Waals surface area contributed by atoms with Crippen LogP contribution in [0.4, 0.5) is 5.82 Å². The Kier molecular flexibility index (Phi) is 4.80. The maximum atomic E-state index is 12.8. The Hall–Kier alpha value is -1.69. The number of rotatable bonds is 4. The molecular weight excluding hydrogens is 290 g/mol. The Bertz CT molecular complexity index is 550. The van der Waals surface area contributed by atoms with Crippen LogP contribution in [0.15, 0.2) is 6.07 Å². The Morgan fingerprint density at radius 1 is 1.30 bits per heavy atom. The average molecular weight is 317 g/mol. The van der Waals surface area contributed by atoms with E-state index in [2.05, 4.69) is 21.9 Å². The number of hydrogen-bond acceptors (Lipinski definition) is 5. The molecule has 1 atom stereocenters. The Labute approximate surface area is 138 Å². The van der Waals surface area contributed by atoms with Crippen molar-refractivity contribution in [2.75, 3.05) is 25.9 Å². The zero-order chi connectivity index (χ0) is 16.4. The standard InChI is InChI=1S/C17H27N5O/c1-12-19-14(10-16(18)20-12)15-8-5-9-22(15)17(23)11-21(2)13-6-3-4-7-13/h10,13,15H,3-9,11H2,1-2H3,(H2,18,19,20)/t15-/m0/s1. The summed E-state index contributed by atoms with van der Waals surface area (Å²) in [7, 11) is 2.08. The normalized spacial score (nSPS) is 22.2. The number of likely N-dealkylation sites (tertiary alicyclic amines) is 1. The van der Waals surface area contributed by atoms with Crippen molar-refractivity contribution in [3.63, 3.8) is 0 Å². The molecule has 1 saturated heterocycles. The summed E-state index contributed by atoms with van der Waals surface area (Å²) in [5.41, 5.74) is 6.73. The number of amides is 1. The van der Waals surface area contributed by atoms with Crippen molar-refractivity contribution in [3.8, 4) is 0 Å². The zero-order valence-corrected chi connectivity index (χ0v) is 14.2. The summed E-state index contributed by atoms with van der Waals surface area (Å²) in [6.45, 7) is 3.15. The van der Waals surface area contributed by atoms with E-state index in [4.69, 9.17) is 5.73 Å². The Morgan fingerprint density at radius 3 is 2.74 bits per heavy atom. The van der Waals surface area contributed by atoms with Crippen molar-refractivity contribution in [2.45, 2.75) is 57.5 Å². The summed E-state index contributed by atoms with van der Waals surface area (Å²) in [5.74, 6) is 1.36. The van der Waals surface area contributed by atoms with E-state index in [-0.39, 0.29) is 11.9 Å². The van der Waals surface area contributed by atoms with Gasteiger partial charge in [0, 0.05) is 18.7 Å². The number of hydrogen-bond donors (Lipinski definition) is 1. The molecule has 1 saturated carbocycles. The summed E-state index contributed by atoms with van der Waals surface area (Å²) < 4.78 is 0. The fraction of sp³-hybridized carbons (Fsp3) is 0.706. The largest absolute Gasteiger partial charge is 0.384 e. The van der Waals surface area contributed by atoms with Crippen LogP contribution in [0.5, 0.6) is 0 Å². The van der Waals surface area contributed by atoms with Gasteiger partial charge in [-0.25, -0.2) is 9.97 Å². The van der Waals surface area contributed by atoms with Crippen LogP contribution in [0, 0.1) is 6.92 Å². The van der Waals surface area contributed by atoms with Gasteiger partial charge in [-0.15, -0.1) is 0 Å². The lowest BCUT2D eigenvalue weighted by atomic mass is 10.1. The first-order valence-electron chi connectivity index (χ1n) is 8.65. The first-order chi connectivity index (χ1) is 11.0. The van der Waals surface area contributed by atoms with E-state index in [0.717, 1.165) is 25.1 Å².